The van der Waals surface area contributed by atoms with E-state index in [0.29, 0.717) is 12.2 Å². The highest BCUT2D eigenvalue weighted by Crippen LogP contribution is 2.38. The lowest BCUT2D eigenvalue weighted by atomic mass is 10.2. The second-order valence-corrected chi connectivity index (χ2v) is 11.2. The number of alkyl halides is 3. The maximum absolute atomic E-state index is 13.2. The van der Waals surface area contributed by atoms with Gasteiger partial charge in [-0.25, -0.2) is 9.67 Å². The van der Waals surface area contributed by atoms with Crippen molar-refractivity contribution in [3.05, 3.63) is 41.9 Å². The highest BCUT2D eigenvalue weighted by Gasteiger charge is 2.41. The molecule has 15 heteroatoms. The number of nitrogens with zero attached hydrogens (tertiary/aromatic N) is 6. The van der Waals surface area contributed by atoms with Crippen LogP contribution < -0.4 is 14.4 Å². The third-order valence-corrected chi connectivity index (χ3v) is 7.35. The molecule has 3 atom stereocenters. The molecule has 1 fully saturated rings. The van der Waals surface area contributed by atoms with Gasteiger partial charge < -0.3 is 14.7 Å². The molecule has 1 aliphatic rings. The van der Waals surface area contributed by atoms with Crippen molar-refractivity contribution in [3.63, 3.8) is 0 Å². The van der Waals surface area contributed by atoms with Crippen LogP contribution in [0.3, 0.4) is 0 Å². The number of β-amino-alcohol motifs (C(OH)–C–C–N with tert-alkyl or cyclic N) is 1. The summed E-state index contributed by atoms with van der Waals surface area (Å²) in [6.45, 7) is 4.31. The molecule has 1 amide bonds. The van der Waals surface area contributed by atoms with Crippen LogP contribution in [-0.4, -0.2) is 65.9 Å². The number of thiol groups is 1. The minimum atomic E-state index is -4.37. The summed E-state index contributed by atoms with van der Waals surface area (Å²) in [6.07, 6.45) is -1.41. The normalized spacial score (nSPS) is 20.6. The number of carbonyl (C=O) groups is 1. The van der Waals surface area contributed by atoms with Gasteiger partial charge in [0.05, 0.1) is 33.0 Å². The van der Waals surface area contributed by atoms with Crippen molar-refractivity contribution in [2.24, 2.45) is 13.0 Å². The lowest BCUT2D eigenvalue weighted by molar-refractivity contribution is -0.176. The molecule has 1 saturated heterocycles. The fourth-order valence-electron chi connectivity index (χ4n) is 3.94. The Bertz CT molecular complexity index is 1310. The zero-order chi connectivity index (χ0) is 27.8. The second-order valence-electron chi connectivity index (χ2n) is 9.36. The van der Waals surface area contributed by atoms with E-state index in [4.69, 9.17) is 17.4 Å². The summed E-state index contributed by atoms with van der Waals surface area (Å²) in [7, 11) is 1.79. The molecule has 1 aliphatic heterocycles. The van der Waals surface area contributed by atoms with Gasteiger partial charge >= 0.3 is 6.18 Å². The maximum Gasteiger partial charge on any atom is 0.394 e. The molecular weight excluding hydrogens is 543 g/mol. The topological polar surface area (TPSA) is 110 Å². The molecule has 2 unspecified atom stereocenters. The molecule has 3 aromatic heterocycles. The van der Waals surface area contributed by atoms with E-state index in [-0.39, 0.29) is 23.8 Å². The van der Waals surface area contributed by atoms with E-state index < -0.39 is 35.6 Å². The Balaban J connectivity index is 1.60. The van der Waals surface area contributed by atoms with Gasteiger partial charge in [0, 0.05) is 38.5 Å². The van der Waals surface area contributed by atoms with Gasteiger partial charge in [-0.05, 0) is 37.9 Å². The van der Waals surface area contributed by atoms with Gasteiger partial charge in [-0.1, -0.05) is 6.92 Å². The first kappa shape index (κ1) is 28.1. The van der Waals surface area contributed by atoms with Gasteiger partial charge in [-0.2, -0.15) is 30.9 Å². The summed E-state index contributed by atoms with van der Waals surface area (Å²) >= 11 is 5.82. The molecule has 38 heavy (non-hydrogen) atoms. The molecule has 0 aliphatic carbocycles. The van der Waals surface area contributed by atoms with Gasteiger partial charge in [0.2, 0.25) is 5.88 Å². The van der Waals surface area contributed by atoms with Gasteiger partial charge in [-0.15, -0.1) is 5.10 Å². The van der Waals surface area contributed by atoms with Gasteiger partial charge in [0.15, 0.2) is 5.82 Å². The summed E-state index contributed by atoms with van der Waals surface area (Å²) < 4.78 is 49.4. The lowest BCUT2D eigenvalue weighted by Crippen LogP contribution is -2.38. The number of aliphatic hydroxyl groups excluding tert-OH is 1. The van der Waals surface area contributed by atoms with E-state index in [9.17, 15) is 23.1 Å². The first-order chi connectivity index (χ1) is 17.7. The number of aromatic nitrogens is 5. The SMILES string of the molecule is Cc1nn(C)cc1SNC(=O)c1ccc(-n2ccc(OCC(C)C(F)(F)F)n2)nc1N1C[C@@H](O)CC1(C)S. The van der Waals surface area contributed by atoms with Crippen molar-refractivity contribution in [2.75, 3.05) is 18.1 Å². The molecular formula is C23H28F3N7O3S2. The zero-order valence-electron chi connectivity index (χ0n) is 21.1. The van der Waals surface area contributed by atoms with Crippen LogP contribution in [0, 0.1) is 12.8 Å². The number of halogens is 3. The average molecular weight is 572 g/mol. The Morgan fingerprint density at radius 3 is 2.71 bits per heavy atom. The summed E-state index contributed by atoms with van der Waals surface area (Å²) in [5, 5.41) is 18.8. The smallest absolute Gasteiger partial charge is 0.394 e. The number of rotatable bonds is 8. The minimum absolute atomic E-state index is 0.00476. The van der Waals surface area contributed by atoms with Gasteiger partial charge in [-0.3, -0.25) is 14.2 Å². The van der Waals surface area contributed by atoms with Gasteiger partial charge in [0.1, 0.15) is 12.4 Å². The number of ether oxygens (including phenoxy) is 1. The fraction of sp³-hybridized carbons (Fsp3) is 0.478. The first-order valence-electron chi connectivity index (χ1n) is 11.7. The third kappa shape index (κ3) is 6.21. The quantitative estimate of drug-likeness (QED) is 0.278. The molecule has 206 valence electrons. The number of carbonyl (C=O) groups excluding carboxylic acids is 1. The van der Waals surface area contributed by atoms with Crippen LogP contribution in [0.4, 0.5) is 19.0 Å². The summed E-state index contributed by atoms with van der Waals surface area (Å²) in [5.41, 5.74) is 1.01. The highest BCUT2D eigenvalue weighted by molar-refractivity contribution is 7.98. The molecule has 3 aromatic rings. The largest absolute Gasteiger partial charge is 0.476 e. The number of hydrogen-bond acceptors (Lipinski definition) is 9. The Kier molecular flexibility index (Phi) is 7.91. The Hall–Kier alpha value is -2.91. The Morgan fingerprint density at radius 1 is 1.37 bits per heavy atom. The Labute approximate surface area is 227 Å². The van der Waals surface area contributed by atoms with Crippen LogP contribution >= 0.6 is 24.6 Å². The van der Waals surface area contributed by atoms with E-state index in [1.807, 2.05) is 13.8 Å². The second kappa shape index (κ2) is 10.7. The van der Waals surface area contributed by atoms with Crippen molar-refractivity contribution in [1.82, 2.24) is 29.3 Å². The van der Waals surface area contributed by atoms with Crippen LogP contribution in [0.15, 0.2) is 35.5 Å². The van der Waals surface area contributed by atoms with E-state index in [2.05, 4.69) is 19.9 Å². The highest BCUT2D eigenvalue weighted by atomic mass is 32.2. The number of aryl methyl sites for hydroxylation is 2. The zero-order valence-corrected chi connectivity index (χ0v) is 22.8. The number of hydrogen-bond donors (Lipinski definition) is 3. The minimum Gasteiger partial charge on any atom is -0.476 e. The predicted octanol–water partition coefficient (Wildman–Crippen LogP) is 3.54. The number of aliphatic hydroxyl groups is 1. The molecule has 4 rings (SSSR count). The first-order valence-corrected chi connectivity index (χ1v) is 12.9. The third-order valence-electron chi connectivity index (χ3n) is 6.02. The van der Waals surface area contributed by atoms with Crippen molar-refractivity contribution < 1.29 is 27.8 Å². The molecule has 0 saturated carbocycles. The summed E-state index contributed by atoms with van der Waals surface area (Å²) in [6, 6.07) is 4.57. The van der Waals surface area contributed by atoms with Crippen LogP contribution in [0.2, 0.25) is 0 Å². The maximum atomic E-state index is 13.2. The van der Waals surface area contributed by atoms with Crippen molar-refractivity contribution in [3.8, 4) is 11.7 Å². The molecule has 4 heterocycles. The van der Waals surface area contributed by atoms with E-state index >= 15 is 0 Å². The number of anilines is 1. The number of pyridine rings is 1. The van der Waals surface area contributed by atoms with Crippen molar-refractivity contribution in [2.45, 2.75) is 49.2 Å². The lowest BCUT2D eigenvalue weighted by Gasteiger charge is -2.32. The van der Waals surface area contributed by atoms with E-state index in [0.717, 1.165) is 29.5 Å². The molecule has 0 bridgehead atoms. The molecule has 2 N–H and O–H groups in total. The van der Waals surface area contributed by atoms with Gasteiger partial charge in [0.25, 0.3) is 5.91 Å². The van der Waals surface area contributed by atoms with E-state index in [1.165, 1.54) is 16.9 Å². The number of nitrogens with one attached hydrogen (secondary N) is 1. The summed E-state index contributed by atoms with van der Waals surface area (Å²) in [4.78, 5) is 19.6. The van der Waals surface area contributed by atoms with Crippen LogP contribution in [0.5, 0.6) is 5.88 Å². The van der Waals surface area contributed by atoms with Crippen molar-refractivity contribution in [1.29, 1.82) is 0 Å². The Morgan fingerprint density at radius 2 is 2.11 bits per heavy atom. The fourth-order valence-corrected chi connectivity index (χ4v) is 5.04. The molecule has 0 spiro atoms. The molecule has 10 nitrogen and oxygen atoms in total. The number of amides is 1. The standard InChI is InChI=1S/C23H28F3N7O3S2/c1-13(23(24,25)26)12-36-19-7-8-33(29-19)18-6-5-16(20(27-18)32-10-15(34)9-22(32,3)37)21(35)30-38-17-11-31(4)28-14(17)2/h5-8,11,13,15,34,37H,9-10,12H2,1-4H3,(H,30,35)/t13?,15-,22?/m0/s1. The van der Waals surface area contributed by atoms with Crippen molar-refractivity contribution >= 4 is 36.3 Å². The molecule has 0 radical (unpaired) electrons. The van der Waals surface area contributed by atoms with E-state index in [1.54, 1.807) is 35.0 Å². The predicted molar refractivity (Wildman–Crippen MR) is 139 cm³/mol. The summed E-state index contributed by atoms with van der Waals surface area (Å²) in [5.74, 6) is -1.48. The van der Waals surface area contributed by atoms with Crippen LogP contribution in [-0.2, 0) is 7.05 Å². The van der Waals surface area contributed by atoms with Crippen LogP contribution in [0.25, 0.3) is 5.82 Å². The molecule has 0 aromatic carbocycles. The average Bonchev–Trinajstić information content (AvgIpc) is 3.50. The monoisotopic (exact) mass is 571 g/mol. The van der Waals surface area contributed by atoms with Crippen LogP contribution in [0.1, 0.15) is 36.3 Å².